The number of thioether (sulfide) groups is 1. The molecule has 168 valence electrons. The number of methoxy groups -OCH3 is 1. The summed E-state index contributed by atoms with van der Waals surface area (Å²) in [6.45, 7) is 3.50. The van der Waals surface area contributed by atoms with Crippen LogP contribution in [0, 0.1) is 6.92 Å². The van der Waals surface area contributed by atoms with Gasteiger partial charge in [-0.25, -0.2) is 4.98 Å². The van der Waals surface area contributed by atoms with Crippen molar-refractivity contribution < 1.29 is 9.53 Å². The number of likely N-dealkylation sites (N-methyl/N-ethyl adjacent to an activating group) is 1. The van der Waals surface area contributed by atoms with Gasteiger partial charge in [-0.1, -0.05) is 35.1 Å². The molecular weight excluding hydrogens is 450 g/mol. The number of aromatic nitrogens is 1. The molecule has 0 spiro atoms. The summed E-state index contributed by atoms with van der Waals surface area (Å²) in [6, 6.07) is 14.4. The number of para-hydroxylation sites is 1. The van der Waals surface area contributed by atoms with Gasteiger partial charge in [0.15, 0.2) is 5.13 Å². The molecule has 5 nitrogen and oxygen atoms in total. The van der Waals surface area contributed by atoms with Crippen LogP contribution in [-0.4, -0.2) is 55.8 Å². The molecule has 0 aliphatic heterocycles. The van der Waals surface area contributed by atoms with E-state index in [0.29, 0.717) is 13.0 Å². The Morgan fingerprint density at radius 3 is 2.55 bits per heavy atom. The highest BCUT2D eigenvalue weighted by Crippen LogP contribution is 2.34. The van der Waals surface area contributed by atoms with Gasteiger partial charge in [-0.05, 0) is 57.5 Å². The molecule has 0 N–H and O–H groups in total. The Labute approximate surface area is 199 Å². The van der Waals surface area contributed by atoms with Crippen LogP contribution in [0.15, 0.2) is 47.4 Å². The second-order valence-corrected chi connectivity index (χ2v) is 9.59. The fourth-order valence-corrected chi connectivity index (χ4v) is 4.88. The molecule has 3 aromatic rings. The van der Waals surface area contributed by atoms with E-state index in [4.69, 9.17) is 9.72 Å². The Balaban J connectivity index is 0.00000341. The molecule has 0 unspecified atom stereocenters. The summed E-state index contributed by atoms with van der Waals surface area (Å²) in [6.07, 6.45) is 1.35. The van der Waals surface area contributed by atoms with Gasteiger partial charge in [0.1, 0.15) is 11.3 Å². The SMILES string of the molecule is COc1cccc2sc(N(CCN(C)C)C(=O)CCCSc3ccc(C)cc3)nc12.Cl. The maximum atomic E-state index is 13.1. The van der Waals surface area contributed by atoms with E-state index < -0.39 is 0 Å². The van der Waals surface area contributed by atoms with E-state index >= 15 is 0 Å². The quantitative estimate of drug-likeness (QED) is 0.283. The molecule has 0 saturated heterocycles. The average Bonchev–Trinajstić information content (AvgIpc) is 3.16. The molecule has 0 saturated carbocycles. The van der Waals surface area contributed by atoms with Crippen LogP contribution >= 0.6 is 35.5 Å². The molecule has 0 aliphatic rings. The van der Waals surface area contributed by atoms with Crippen LogP contribution in [-0.2, 0) is 4.79 Å². The summed E-state index contributed by atoms with van der Waals surface area (Å²) < 4.78 is 6.47. The molecule has 0 fully saturated rings. The third-order valence-corrected chi connectivity index (χ3v) is 6.86. The van der Waals surface area contributed by atoms with Gasteiger partial charge >= 0.3 is 0 Å². The highest BCUT2D eigenvalue weighted by Gasteiger charge is 2.20. The van der Waals surface area contributed by atoms with Gasteiger partial charge < -0.3 is 9.64 Å². The number of ether oxygens (including phenoxy) is 1. The topological polar surface area (TPSA) is 45.7 Å². The number of amides is 1. The number of aryl methyl sites for hydroxylation is 1. The molecule has 3 rings (SSSR count). The lowest BCUT2D eigenvalue weighted by molar-refractivity contribution is -0.118. The largest absolute Gasteiger partial charge is 0.494 e. The van der Waals surface area contributed by atoms with Crippen molar-refractivity contribution in [3.8, 4) is 5.75 Å². The second kappa shape index (κ2) is 12.3. The fourth-order valence-electron chi connectivity index (χ4n) is 3.00. The summed E-state index contributed by atoms with van der Waals surface area (Å²) >= 11 is 3.34. The molecular formula is C23H30ClN3O2S2. The summed E-state index contributed by atoms with van der Waals surface area (Å²) in [5, 5.41) is 0.743. The zero-order valence-electron chi connectivity index (χ0n) is 18.5. The Morgan fingerprint density at radius 2 is 1.87 bits per heavy atom. The van der Waals surface area contributed by atoms with Crippen molar-refractivity contribution in [2.75, 3.05) is 44.9 Å². The number of hydrogen-bond acceptors (Lipinski definition) is 6. The third kappa shape index (κ3) is 7.10. The Kier molecular flexibility index (Phi) is 10.1. The molecule has 0 aliphatic carbocycles. The van der Waals surface area contributed by atoms with Gasteiger partial charge in [0.05, 0.1) is 11.8 Å². The number of hydrogen-bond donors (Lipinski definition) is 0. The number of fused-ring (bicyclic) bond motifs is 1. The summed E-state index contributed by atoms with van der Waals surface area (Å²) in [5.41, 5.74) is 2.08. The van der Waals surface area contributed by atoms with Crippen molar-refractivity contribution in [3.05, 3.63) is 48.0 Å². The number of thiazole rings is 1. The number of carbonyl (C=O) groups excluding carboxylic acids is 1. The molecule has 0 radical (unpaired) electrons. The highest BCUT2D eigenvalue weighted by molar-refractivity contribution is 7.99. The molecule has 1 heterocycles. The van der Waals surface area contributed by atoms with E-state index in [0.717, 1.165) is 39.8 Å². The molecule has 2 aromatic carbocycles. The van der Waals surface area contributed by atoms with Crippen molar-refractivity contribution in [3.63, 3.8) is 0 Å². The number of nitrogens with zero attached hydrogens (tertiary/aromatic N) is 3. The average molecular weight is 480 g/mol. The minimum Gasteiger partial charge on any atom is -0.494 e. The predicted molar refractivity (Wildman–Crippen MR) is 135 cm³/mol. The van der Waals surface area contributed by atoms with E-state index in [1.165, 1.54) is 10.5 Å². The van der Waals surface area contributed by atoms with Crippen molar-refractivity contribution in [1.29, 1.82) is 0 Å². The third-order valence-electron chi connectivity index (χ3n) is 4.72. The molecule has 0 atom stereocenters. The number of carbonyl (C=O) groups is 1. The maximum absolute atomic E-state index is 13.1. The van der Waals surface area contributed by atoms with E-state index in [1.54, 1.807) is 30.2 Å². The monoisotopic (exact) mass is 479 g/mol. The highest BCUT2D eigenvalue weighted by atomic mass is 35.5. The Morgan fingerprint density at radius 1 is 1.13 bits per heavy atom. The Hall–Kier alpha value is -1.80. The first-order chi connectivity index (χ1) is 14.5. The molecule has 1 amide bonds. The van der Waals surface area contributed by atoms with Crippen LogP contribution in [0.1, 0.15) is 18.4 Å². The number of rotatable bonds is 10. The number of benzene rings is 2. The molecule has 31 heavy (non-hydrogen) atoms. The minimum absolute atomic E-state index is 0. The van der Waals surface area contributed by atoms with Crippen molar-refractivity contribution >= 4 is 56.8 Å². The number of halogens is 1. The van der Waals surface area contributed by atoms with E-state index in [1.807, 2.05) is 37.2 Å². The molecule has 1 aromatic heterocycles. The van der Waals surface area contributed by atoms with Gasteiger partial charge in [0.2, 0.25) is 5.91 Å². The minimum atomic E-state index is 0. The van der Waals surface area contributed by atoms with Crippen molar-refractivity contribution in [2.24, 2.45) is 0 Å². The summed E-state index contributed by atoms with van der Waals surface area (Å²) in [7, 11) is 5.68. The lowest BCUT2D eigenvalue weighted by atomic mass is 10.2. The second-order valence-electron chi connectivity index (χ2n) is 7.42. The van der Waals surface area contributed by atoms with Crippen LogP contribution in [0.3, 0.4) is 0 Å². The Bertz CT molecular complexity index is 977. The molecule has 8 heteroatoms. The van der Waals surface area contributed by atoms with Crippen LogP contribution in [0.25, 0.3) is 10.2 Å². The normalized spacial score (nSPS) is 10.9. The lowest BCUT2D eigenvalue weighted by Crippen LogP contribution is -2.36. The van der Waals surface area contributed by atoms with Crippen LogP contribution in [0.5, 0.6) is 5.75 Å². The van der Waals surface area contributed by atoms with Gasteiger partial charge in [-0.15, -0.1) is 24.2 Å². The van der Waals surface area contributed by atoms with Crippen LogP contribution < -0.4 is 9.64 Å². The van der Waals surface area contributed by atoms with E-state index in [9.17, 15) is 4.79 Å². The van der Waals surface area contributed by atoms with Crippen LogP contribution in [0.2, 0.25) is 0 Å². The van der Waals surface area contributed by atoms with Crippen LogP contribution in [0.4, 0.5) is 5.13 Å². The molecule has 0 bridgehead atoms. The maximum Gasteiger partial charge on any atom is 0.228 e. The van der Waals surface area contributed by atoms with Gasteiger partial charge in [-0.3, -0.25) is 9.69 Å². The zero-order valence-corrected chi connectivity index (χ0v) is 20.9. The zero-order chi connectivity index (χ0) is 21.5. The van der Waals surface area contributed by atoms with Gasteiger partial charge in [0.25, 0.3) is 0 Å². The van der Waals surface area contributed by atoms with Crippen molar-refractivity contribution in [1.82, 2.24) is 9.88 Å². The predicted octanol–water partition coefficient (Wildman–Crippen LogP) is 5.50. The van der Waals surface area contributed by atoms with Gasteiger partial charge in [-0.2, -0.15) is 0 Å². The van der Waals surface area contributed by atoms with Gasteiger partial charge in [0, 0.05) is 24.4 Å². The lowest BCUT2D eigenvalue weighted by Gasteiger charge is -2.22. The summed E-state index contributed by atoms with van der Waals surface area (Å²) in [5.74, 6) is 1.79. The fraction of sp³-hybridized carbons (Fsp3) is 0.391. The van der Waals surface area contributed by atoms with E-state index in [-0.39, 0.29) is 18.3 Å². The number of anilines is 1. The first-order valence-corrected chi connectivity index (χ1v) is 11.9. The van der Waals surface area contributed by atoms with E-state index in [2.05, 4.69) is 36.1 Å². The first kappa shape index (κ1) is 25.5. The summed E-state index contributed by atoms with van der Waals surface area (Å²) in [4.78, 5) is 23.0. The smallest absolute Gasteiger partial charge is 0.228 e. The first-order valence-electron chi connectivity index (χ1n) is 10.1. The van der Waals surface area contributed by atoms with Crippen molar-refractivity contribution in [2.45, 2.75) is 24.7 Å². The standard InChI is InChI=1S/C23H29N3O2S2.ClH/c1-17-10-12-18(13-11-17)29-16-6-9-21(27)26(15-14-25(2)3)23-24-22-19(28-4)7-5-8-20(22)30-23;/h5,7-8,10-13H,6,9,14-16H2,1-4H3;1H.